The summed E-state index contributed by atoms with van der Waals surface area (Å²) < 4.78 is 0. The van der Waals surface area contributed by atoms with Gasteiger partial charge in [-0.15, -0.1) is 11.8 Å². The quantitative estimate of drug-likeness (QED) is 0.402. The molecule has 11 heavy (non-hydrogen) atoms. The highest BCUT2D eigenvalue weighted by Gasteiger charge is 2.41. The maximum atomic E-state index is 9.22. The van der Waals surface area contributed by atoms with Gasteiger partial charge in [0.1, 0.15) is 0 Å². The SMILES string of the molecule is OCC1SC(CO)C(O)C1O. The lowest BCUT2D eigenvalue weighted by molar-refractivity contribution is 0.0130. The van der Waals surface area contributed by atoms with E-state index in [0.717, 1.165) is 0 Å². The summed E-state index contributed by atoms with van der Waals surface area (Å²) in [6.45, 7) is -0.335. The van der Waals surface area contributed by atoms with E-state index in [9.17, 15) is 10.2 Å². The minimum Gasteiger partial charge on any atom is -0.395 e. The molecule has 4 unspecified atom stereocenters. The summed E-state index contributed by atoms with van der Waals surface area (Å²) >= 11 is 1.23. The van der Waals surface area contributed by atoms with Crippen molar-refractivity contribution < 1.29 is 20.4 Å². The molecule has 5 heteroatoms. The standard InChI is InChI=1S/C6H12O4S/c7-1-3-5(9)6(10)4(2-8)11-3/h3-10H,1-2H2. The predicted octanol–water partition coefficient (Wildman–Crippen LogP) is -1.82. The molecule has 1 fully saturated rings. The topological polar surface area (TPSA) is 80.9 Å². The molecule has 1 heterocycles. The fraction of sp³-hybridized carbons (Fsp3) is 1.00. The fourth-order valence-corrected chi connectivity index (χ4v) is 2.39. The van der Waals surface area contributed by atoms with Crippen molar-refractivity contribution in [2.24, 2.45) is 0 Å². The number of thioether (sulfide) groups is 1. The van der Waals surface area contributed by atoms with Gasteiger partial charge in [0.25, 0.3) is 0 Å². The van der Waals surface area contributed by atoms with E-state index in [-0.39, 0.29) is 23.7 Å². The molecule has 1 saturated heterocycles. The van der Waals surface area contributed by atoms with Crippen LogP contribution in [0.2, 0.25) is 0 Å². The van der Waals surface area contributed by atoms with Crippen LogP contribution in [0, 0.1) is 0 Å². The number of hydrogen-bond acceptors (Lipinski definition) is 5. The molecule has 0 saturated carbocycles. The number of aliphatic hydroxyl groups is 4. The van der Waals surface area contributed by atoms with Crippen LogP contribution in [0.4, 0.5) is 0 Å². The third-order valence-electron chi connectivity index (χ3n) is 1.82. The Kier molecular flexibility index (Phi) is 3.15. The van der Waals surface area contributed by atoms with Crippen LogP contribution in [0.15, 0.2) is 0 Å². The smallest absolute Gasteiger partial charge is 0.0951 e. The van der Waals surface area contributed by atoms with E-state index in [1.54, 1.807) is 0 Å². The average molecular weight is 180 g/mol. The molecular weight excluding hydrogens is 168 g/mol. The Hall–Kier alpha value is 0.190. The second-order valence-electron chi connectivity index (χ2n) is 2.56. The summed E-state index contributed by atoms with van der Waals surface area (Å²) in [5.41, 5.74) is 0. The van der Waals surface area contributed by atoms with Gasteiger partial charge >= 0.3 is 0 Å². The maximum Gasteiger partial charge on any atom is 0.0951 e. The van der Waals surface area contributed by atoms with Gasteiger partial charge in [0, 0.05) is 0 Å². The summed E-state index contributed by atoms with van der Waals surface area (Å²) in [5.74, 6) is 0. The average Bonchev–Trinajstić information content (AvgIpc) is 2.30. The molecule has 0 aromatic rings. The van der Waals surface area contributed by atoms with Crippen molar-refractivity contribution in [3.05, 3.63) is 0 Å². The molecular formula is C6H12O4S. The summed E-state index contributed by atoms with van der Waals surface area (Å²) in [4.78, 5) is 0. The zero-order valence-electron chi connectivity index (χ0n) is 5.92. The Morgan fingerprint density at radius 1 is 0.909 bits per heavy atom. The van der Waals surface area contributed by atoms with E-state index >= 15 is 0 Å². The van der Waals surface area contributed by atoms with E-state index in [1.165, 1.54) is 11.8 Å². The molecule has 1 aliphatic heterocycles. The van der Waals surface area contributed by atoms with Crippen molar-refractivity contribution in [2.45, 2.75) is 22.7 Å². The Morgan fingerprint density at radius 2 is 1.27 bits per heavy atom. The van der Waals surface area contributed by atoms with E-state index in [0.29, 0.717) is 0 Å². The van der Waals surface area contributed by atoms with Crippen LogP contribution < -0.4 is 0 Å². The molecule has 66 valence electrons. The second-order valence-corrected chi connectivity index (χ2v) is 4.04. The normalized spacial score (nSPS) is 44.7. The Labute approximate surface area is 68.9 Å². The minimum atomic E-state index is -0.915. The number of hydrogen-bond donors (Lipinski definition) is 4. The van der Waals surface area contributed by atoms with Crippen molar-refractivity contribution in [1.29, 1.82) is 0 Å². The molecule has 0 spiro atoms. The molecule has 0 aromatic heterocycles. The first-order valence-corrected chi connectivity index (χ1v) is 4.38. The van der Waals surface area contributed by atoms with Crippen molar-refractivity contribution in [3.63, 3.8) is 0 Å². The number of aliphatic hydroxyl groups excluding tert-OH is 4. The van der Waals surface area contributed by atoms with E-state index in [2.05, 4.69) is 0 Å². The van der Waals surface area contributed by atoms with Crippen LogP contribution in [0.1, 0.15) is 0 Å². The summed E-state index contributed by atoms with van der Waals surface area (Å²) in [7, 11) is 0. The van der Waals surface area contributed by atoms with E-state index in [1.807, 2.05) is 0 Å². The summed E-state index contributed by atoms with van der Waals surface area (Å²) in [6, 6.07) is 0. The largest absolute Gasteiger partial charge is 0.395 e. The molecule has 0 aromatic carbocycles. The second kappa shape index (κ2) is 3.73. The first-order chi connectivity index (χ1) is 5.20. The summed E-state index contributed by atoms with van der Waals surface area (Å²) in [5, 5.41) is 35.1. The highest BCUT2D eigenvalue weighted by molar-refractivity contribution is 8.01. The molecule has 0 radical (unpaired) electrons. The lowest BCUT2D eigenvalue weighted by Gasteiger charge is -2.12. The van der Waals surface area contributed by atoms with Crippen molar-refractivity contribution in [3.8, 4) is 0 Å². The Balaban J connectivity index is 2.53. The molecule has 0 bridgehead atoms. The van der Waals surface area contributed by atoms with Crippen molar-refractivity contribution in [1.82, 2.24) is 0 Å². The monoisotopic (exact) mass is 180 g/mol. The highest BCUT2D eigenvalue weighted by atomic mass is 32.2. The van der Waals surface area contributed by atoms with Gasteiger partial charge < -0.3 is 20.4 Å². The van der Waals surface area contributed by atoms with Gasteiger partial charge in [-0.1, -0.05) is 0 Å². The fourth-order valence-electron chi connectivity index (χ4n) is 1.13. The van der Waals surface area contributed by atoms with Gasteiger partial charge in [-0.2, -0.15) is 0 Å². The van der Waals surface area contributed by atoms with Crippen LogP contribution in [-0.2, 0) is 0 Å². The van der Waals surface area contributed by atoms with Gasteiger partial charge in [-0.3, -0.25) is 0 Å². The van der Waals surface area contributed by atoms with Crippen LogP contribution >= 0.6 is 11.8 Å². The van der Waals surface area contributed by atoms with Gasteiger partial charge in [0.05, 0.1) is 35.9 Å². The third-order valence-corrected chi connectivity index (χ3v) is 3.38. The maximum absolute atomic E-state index is 9.22. The van der Waals surface area contributed by atoms with Gasteiger partial charge in [0.15, 0.2) is 0 Å². The molecule has 4 N–H and O–H groups in total. The lowest BCUT2D eigenvalue weighted by atomic mass is 10.1. The molecule has 0 amide bonds. The first kappa shape index (κ1) is 9.28. The van der Waals surface area contributed by atoms with Crippen molar-refractivity contribution in [2.75, 3.05) is 13.2 Å². The van der Waals surface area contributed by atoms with Crippen LogP contribution in [0.5, 0.6) is 0 Å². The molecule has 0 aliphatic carbocycles. The summed E-state index contributed by atoms with van der Waals surface area (Å²) in [6.07, 6.45) is -1.83. The van der Waals surface area contributed by atoms with E-state index < -0.39 is 12.2 Å². The highest BCUT2D eigenvalue weighted by Crippen LogP contribution is 2.33. The van der Waals surface area contributed by atoms with Crippen molar-refractivity contribution >= 4 is 11.8 Å². The Morgan fingerprint density at radius 3 is 1.45 bits per heavy atom. The zero-order valence-corrected chi connectivity index (χ0v) is 6.74. The number of rotatable bonds is 2. The molecule has 4 nitrogen and oxygen atoms in total. The van der Waals surface area contributed by atoms with Crippen LogP contribution in [0.25, 0.3) is 0 Å². The van der Waals surface area contributed by atoms with Gasteiger partial charge in [-0.05, 0) is 0 Å². The molecule has 1 aliphatic rings. The van der Waals surface area contributed by atoms with Gasteiger partial charge in [-0.25, -0.2) is 0 Å². The van der Waals surface area contributed by atoms with Crippen LogP contribution in [-0.4, -0.2) is 56.3 Å². The van der Waals surface area contributed by atoms with Crippen LogP contribution in [0.3, 0.4) is 0 Å². The lowest BCUT2D eigenvalue weighted by Crippen LogP contribution is -2.34. The minimum absolute atomic E-state index is 0.167. The molecule has 1 rings (SSSR count). The molecule has 4 atom stereocenters. The Bertz CT molecular complexity index is 114. The third kappa shape index (κ3) is 1.68. The van der Waals surface area contributed by atoms with Gasteiger partial charge in [0.2, 0.25) is 0 Å². The predicted molar refractivity (Wildman–Crippen MR) is 41.4 cm³/mol. The zero-order chi connectivity index (χ0) is 8.43. The first-order valence-electron chi connectivity index (χ1n) is 3.44. The van der Waals surface area contributed by atoms with E-state index in [4.69, 9.17) is 10.2 Å².